The molecule has 3 nitrogen and oxygen atoms in total. The summed E-state index contributed by atoms with van der Waals surface area (Å²) in [5.74, 6) is 0.670. The van der Waals surface area contributed by atoms with Crippen LogP contribution in [-0.2, 0) is 0 Å². The summed E-state index contributed by atoms with van der Waals surface area (Å²) in [5.41, 5.74) is 1.73. The van der Waals surface area contributed by atoms with E-state index in [0.717, 1.165) is 16.3 Å². The zero-order valence-corrected chi connectivity index (χ0v) is 14.5. The summed E-state index contributed by atoms with van der Waals surface area (Å²) < 4.78 is 1.70. The van der Waals surface area contributed by atoms with Crippen molar-refractivity contribution in [2.45, 2.75) is 9.92 Å². The second-order valence-corrected chi connectivity index (χ2v) is 6.43. The summed E-state index contributed by atoms with van der Waals surface area (Å²) in [5, 5.41) is 0.772. The zero-order valence-electron chi connectivity index (χ0n) is 12.9. The number of benzene rings is 2. The highest BCUT2D eigenvalue weighted by atomic mass is 32.2. The Morgan fingerprint density at radius 3 is 2.04 bits per heavy atom. The number of aromatic nitrogens is 2. The Bertz CT molecular complexity index is 861. The third-order valence-electron chi connectivity index (χ3n) is 3.45. The SMILES string of the molecule is CSc1nc(-c2ccccc2)n(-c2ccccc2)c(=O)c1SC. The first-order chi connectivity index (χ1) is 11.3. The van der Waals surface area contributed by atoms with Gasteiger partial charge in [-0.2, -0.15) is 0 Å². The van der Waals surface area contributed by atoms with Crippen molar-refractivity contribution in [1.82, 2.24) is 9.55 Å². The van der Waals surface area contributed by atoms with Crippen LogP contribution in [0.25, 0.3) is 17.1 Å². The number of hydrogen-bond donors (Lipinski definition) is 0. The number of rotatable bonds is 4. The molecule has 0 spiro atoms. The molecular formula is C18H16N2OS2. The fraction of sp³-hybridized carbons (Fsp3) is 0.111. The Morgan fingerprint density at radius 1 is 0.870 bits per heavy atom. The van der Waals surface area contributed by atoms with Gasteiger partial charge in [-0.1, -0.05) is 48.5 Å². The van der Waals surface area contributed by atoms with Crippen molar-refractivity contribution >= 4 is 23.5 Å². The number of para-hydroxylation sites is 1. The maximum absolute atomic E-state index is 13.1. The number of nitrogens with zero attached hydrogens (tertiary/aromatic N) is 2. The lowest BCUT2D eigenvalue weighted by atomic mass is 10.2. The highest BCUT2D eigenvalue weighted by molar-refractivity contribution is 8.01. The molecule has 5 heteroatoms. The molecule has 0 fully saturated rings. The molecule has 1 heterocycles. The standard InChI is InChI=1S/C18H16N2OS2/c1-22-15-17(23-2)19-16(13-9-5-3-6-10-13)20(18(15)21)14-11-7-4-8-12-14/h3-12H,1-2H3. The van der Waals surface area contributed by atoms with Gasteiger partial charge >= 0.3 is 0 Å². The van der Waals surface area contributed by atoms with Crippen LogP contribution in [0, 0.1) is 0 Å². The van der Waals surface area contributed by atoms with E-state index in [1.165, 1.54) is 23.5 Å². The second-order valence-electron chi connectivity index (χ2n) is 4.82. The molecule has 0 bridgehead atoms. The van der Waals surface area contributed by atoms with Crippen LogP contribution < -0.4 is 5.56 Å². The molecule has 0 saturated heterocycles. The van der Waals surface area contributed by atoms with E-state index in [1.807, 2.05) is 73.2 Å². The van der Waals surface area contributed by atoms with Gasteiger partial charge in [0.05, 0.1) is 5.69 Å². The molecule has 0 unspecified atom stereocenters. The predicted octanol–water partition coefficient (Wildman–Crippen LogP) is 4.34. The normalized spacial score (nSPS) is 10.7. The Hall–Kier alpha value is -1.98. The van der Waals surface area contributed by atoms with E-state index in [9.17, 15) is 4.79 Å². The highest BCUT2D eigenvalue weighted by Gasteiger charge is 2.17. The minimum atomic E-state index is -0.0260. The Balaban J connectivity index is 2.38. The fourth-order valence-corrected chi connectivity index (χ4v) is 3.83. The lowest BCUT2D eigenvalue weighted by Gasteiger charge is -2.15. The lowest BCUT2D eigenvalue weighted by molar-refractivity contribution is 0.842. The predicted molar refractivity (Wildman–Crippen MR) is 98.8 cm³/mol. The van der Waals surface area contributed by atoms with E-state index in [0.29, 0.717) is 10.7 Å². The van der Waals surface area contributed by atoms with Gasteiger partial charge in [-0.15, -0.1) is 23.5 Å². The van der Waals surface area contributed by atoms with Crippen LogP contribution in [0.1, 0.15) is 0 Å². The maximum atomic E-state index is 13.1. The first kappa shape index (κ1) is 15.9. The van der Waals surface area contributed by atoms with Crippen molar-refractivity contribution in [3.8, 4) is 17.1 Å². The minimum absolute atomic E-state index is 0.0260. The van der Waals surface area contributed by atoms with Gasteiger partial charge in [-0.3, -0.25) is 9.36 Å². The van der Waals surface area contributed by atoms with Gasteiger partial charge in [0.25, 0.3) is 5.56 Å². The van der Waals surface area contributed by atoms with Crippen LogP contribution in [0.2, 0.25) is 0 Å². The van der Waals surface area contributed by atoms with Gasteiger partial charge in [0, 0.05) is 5.56 Å². The molecule has 23 heavy (non-hydrogen) atoms. The summed E-state index contributed by atoms with van der Waals surface area (Å²) in [7, 11) is 0. The largest absolute Gasteiger partial charge is 0.273 e. The molecule has 1 aromatic heterocycles. The lowest BCUT2D eigenvalue weighted by Crippen LogP contribution is -2.24. The molecule has 0 atom stereocenters. The molecular weight excluding hydrogens is 324 g/mol. The molecule has 116 valence electrons. The minimum Gasteiger partial charge on any atom is -0.268 e. The molecule has 0 aliphatic heterocycles. The summed E-state index contributed by atoms with van der Waals surface area (Å²) in [6.45, 7) is 0. The maximum Gasteiger partial charge on any atom is 0.273 e. The van der Waals surface area contributed by atoms with Gasteiger partial charge in [0.1, 0.15) is 15.7 Å². The second kappa shape index (κ2) is 7.06. The molecule has 2 aromatic carbocycles. The summed E-state index contributed by atoms with van der Waals surface area (Å²) in [6.07, 6.45) is 3.86. The third-order valence-corrected chi connectivity index (χ3v) is 5.04. The first-order valence-corrected chi connectivity index (χ1v) is 9.57. The van der Waals surface area contributed by atoms with Crippen LogP contribution in [-0.4, -0.2) is 22.1 Å². The molecule has 0 aliphatic rings. The molecule has 0 amide bonds. The van der Waals surface area contributed by atoms with Crippen molar-refractivity contribution in [2.24, 2.45) is 0 Å². The Morgan fingerprint density at radius 2 is 1.48 bits per heavy atom. The van der Waals surface area contributed by atoms with Gasteiger partial charge in [0.2, 0.25) is 0 Å². The van der Waals surface area contributed by atoms with E-state index in [1.54, 1.807) is 4.57 Å². The summed E-state index contributed by atoms with van der Waals surface area (Å²) in [6, 6.07) is 19.5. The third kappa shape index (κ3) is 3.07. The first-order valence-electron chi connectivity index (χ1n) is 7.12. The summed E-state index contributed by atoms with van der Waals surface area (Å²) >= 11 is 2.94. The van der Waals surface area contributed by atoms with Gasteiger partial charge in [-0.25, -0.2) is 4.98 Å². The molecule has 0 radical (unpaired) electrons. The van der Waals surface area contributed by atoms with Crippen LogP contribution in [0.15, 0.2) is 75.4 Å². The van der Waals surface area contributed by atoms with Gasteiger partial charge in [-0.05, 0) is 24.6 Å². The van der Waals surface area contributed by atoms with Gasteiger partial charge < -0.3 is 0 Å². The number of hydrogen-bond acceptors (Lipinski definition) is 4. The Kier molecular flexibility index (Phi) is 4.88. The average Bonchev–Trinajstić information content (AvgIpc) is 2.62. The topological polar surface area (TPSA) is 34.9 Å². The fourth-order valence-electron chi connectivity index (χ4n) is 2.40. The van der Waals surface area contributed by atoms with E-state index < -0.39 is 0 Å². The number of thioether (sulfide) groups is 2. The van der Waals surface area contributed by atoms with Crippen molar-refractivity contribution in [3.05, 3.63) is 71.0 Å². The molecule has 3 aromatic rings. The molecule has 0 saturated carbocycles. The highest BCUT2D eigenvalue weighted by Crippen LogP contribution is 2.28. The van der Waals surface area contributed by atoms with E-state index in [4.69, 9.17) is 4.98 Å². The van der Waals surface area contributed by atoms with Crippen LogP contribution >= 0.6 is 23.5 Å². The Labute approximate surface area is 143 Å². The smallest absolute Gasteiger partial charge is 0.268 e. The van der Waals surface area contributed by atoms with Crippen molar-refractivity contribution in [1.29, 1.82) is 0 Å². The zero-order chi connectivity index (χ0) is 16.2. The van der Waals surface area contributed by atoms with Crippen molar-refractivity contribution < 1.29 is 0 Å². The molecule has 3 rings (SSSR count). The quantitative estimate of drug-likeness (QED) is 0.523. The van der Waals surface area contributed by atoms with Crippen molar-refractivity contribution in [3.63, 3.8) is 0 Å². The monoisotopic (exact) mass is 340 g/mol. The van der Waals surface area contributed by atoms with Crippen LogP contribution in [0.4, 0.5) is 0 Å². The van der Waals surface area contributed by atoms with E-state index >= 15 is 0 Å². The van der Waals surface area contributed by atoms with E-state index in [2.05, 4.69) is 0 Å². The molecule has 0 N–H and O–H groups in total. The van der Waals surface area contributed by atoms with Crippen LogP contribution in [0.5, 0.6) is 0 Å². The van der Waals surface area contributed by atoms with Gasteiger partial charge in [0.15, 0.2) is 0 Å². The van der Waals surface area contributed by atoms with Crippen LogP contribution in [0.3, 0.4) is 0 Å². The van der Waals surface area contributed by atoms with Crippen molar-refractivity contribution in [2.75, 3.05) is 12.5 Å². The van der Waals surface area contributed by atoms with E-state index in [-0.39, 0.29) is 5.56 Å². The summed E-state index contributed by atoms with van der Waals surface area (Å²) in [4.78, 5) is 18.5. The molecule has 0 aliphatic carbocycles. The average molecular weight is 340 g/mol.